The molecule has 0 spiro atoms. The van der Waals surface area contributed by atoms with E-state index in [4.69, 9.17) is 5.73 Å². The highest BCUT2D eigenvalue weighted by atomic mass is 32.1. The lowest BCUT2D eigenvalue weighted by Gasteiger charge is -2.25. The lowest BCUT2D eigenvalue weighted by Crippen LogP contribution is -2.40. The van der Waals surface area contributed by atoms with E-state index >= 15 is 0 Å². The molecule has 0 aliphatic rings. The van der Waals surface area contributed by atoms with Crippen molar-refractivity contribution in [2.45, 2.75) is 25.4 Å². The second kappa shape index (κ2) is 5.17. The van der Waals surface area contributed by atoms with Crippen molar-refractivity contribution in [2.24, 2.45) is 12.8 Å². The highest BCUT2D eigenvalue weighted by Crippen LogP contribution is 2.22. The number of aromatic nitrogens is 3. The summed E-state index contributed by atoms with van der Waals surface area (Å²) in [6, 6.07) is -0.0575. The standard InChI is InChI=1S/C12H19N5S/c1-12(2,11-14-4-5-18-11)15-7-10(13)9-6-16-17(3)8-9/h4-6,8,10,15H,7,13H2,1-3H3. The van der Waals surface area contributed by atoms with Gasteiger partial charge in [-0.25, -0.2) is 4.98 Å². The Bertz CT molecular complexity index is 488. The summed E-state index contributed by atoms with van der Waals surface area (Å²) in [6.45, 7) is 4.92. The van der Waals surface area contributed by atoms with Crippen molar-refractivity contribution in [1.82, 2.24) is 20.1 Å². The van der Waals surface area contributed by atoms with Gasteiger partial charge in [0, 0.05) is 43.0 Å². The predicted molar refractivity (Wildman–Crippen MR) is 73.3 cm³/mol. The van der Waals surface area contributed by atoms with Crippen molar-refractivity contribution in [2.75, 3.05) is 6.54 Å². The molecule has 3 N–H and O–H groups in total. The Morgan fingerprint density at radius 1 is 1.56 bits per heavy atom. The molecule has 1 unspecified atom stereocenters. The van der Waals surface area contributed by atoms with Gasteiger partial charge in [-0.2, -0.15) is 5.10 Å². The van der Waals surface area contributed by atoms with Crippen LogP contribution in [0.4, 0.5) is 0 Å². The lowest BCUT2D eigenvalue weighted by molar-refractivity contribution is 0.386. The van der Waals surface area contributed by atoms with E-state index in [0.29, 0.717) is 6.54 Å². The summed E-state index contributed by atoms with van der Waals surface area (Å²) in [5, 5.41) is 10.6. The average Bonchev–Trinajstić information content (AvgIpc) is 2.96. The van der Waals surface area contributed by atoms with Crippen LogP contribution in [0, 0.1) is 0 Å². The van der Waals surface area contributed by atoms with Gasteiger partial charge in [0.05, 0.1) is 11.7 Å². The fraction of sp³-hybridized carbons (Fsp3) is 0.500. The molecule has 5 nitrogen and oxygen atoms in total. The molecule has 2 rings (SSSR count). The van der Waals surface area contributed by atoms with Crippen molar-refractivity contribution >= 4 is 11.3 Å². The van der Waals surface area contributed by atoms with E-state index in [0.717, 1.165) is 10.6 Å². The summed E-state index contributed by atoms with van der Waals surface area (Å²) in [5.41, 5.74) is 7.02. The largest absolute Gasteiger partial charge is 0.323 e. The minimum atomic E-state index is -0.159. The molecule has 2 aromatic rings. The molecule has 6 heteroatoms. The first-order valence-electron chi connectivity index (χ1n) is 5.88. The summed E-state index contributed by atoms with van der Waals surface area (Å²) < 4.78 is 1.77. The van der Waals surface area contributed by atoms with Gasteiger partial charge >= 0.3 is 0 Å². The van der Waals surface area contributed by atoms with Crippen LogP contribution in [-0.4, -0.2) is 21.3 Å². The molecule has 0 radical (unpaired) electrons. The van der Waals surface area contributed by atoms with Gasteiger partial charge in [0.2, 0.25) is 0 Å². The van der Waals surface area contributed by atoms with Crippen LogP contribution in [0.2, 0.25) is 0 Å². The molecule has 0 fully saturated rings. The van der Waals surface area contributed by atoms with E-state index in [9.17, 15) is 0 Å². The predicted octanol–water partition coefficient (Wildman–Crippen LogP) is 1.40. The number of aryl methyl sites for hydroxylation is 1. The van der Waals surface area contributed by atoms with Crippen molar-refractivity contribution in [3.05, 3.63) is 34.5 Å². The molecule has 0 saturated carbocycles. The third-order valence-electron chi connectivity index (χ3n) is 2.88. The van der Waals surface area contributed by atoms with Crippen molar-refractivity contribution in [1.29, 1.82) is 0 Å². The molecule has 0 aliphatic carbocycles. The van der Waals surface area contributed by atoms with Gasteiger partial charge < -0.3 is 11.1 Å². The third kappa shape index (κ3) is 2.95. The zero-order valence-corrected chi connectivity index (χ0v) is 11.7. The van der Waals surface area contributed by atoms with Gasteiger partial charge in [0.25, 0.3) is 0 Å². The highest BCUT2D eigenvalue weighted by Gasteiger charge is 2.23. The van der Waals surface area contributed by atoms with E-state index < -0.39 is 0 Å². The summed E-state index contributed by atoms with van der Waals surface area (Å²) in [5.74, 6) is 0. The van der Waals surface area contributed by atoms with Gasteiger partial charge in [-0.1, -0.05) is 0 Å². The molecule has 0 bridgehead atoms. The Hall–Kier alpha value is -1.24. The van der Waals surface area contributed by atoms with Gasteiger partial charge in [0.1, 0.15) is 5.01 Å². The number of nitrogens with one attached hydrogen (secondary N) is 1. The Morgan fingerprint density at radius 2 is 2.33 bits per heavy atom. The lowest BCUT2D eigenvalue weighted by atomic mass is 10.1. The highest BCUT2D eigenvalue weighted by molar-refractivity contribution is 7.09. The quantitative estimate of drug-likeness (QED) is 0.857. The fourth-order valence-corrected chi connectivity index (χ4v) is 2.46. The second-order valence-corrected chi connectivity index (χ2v) is 5.79. The first kappa shape index (κ1) is 13.2. The normalized spacial score (nSPS) is 13.8. The van der Waals surface area contributed by atoms with Crippen LogP contribution in [0.3, 0.4) is 0 Å². The molecular weight excluding hydrogens is 246 g/mol. The number of hydrogen-bond acceptors (Lipinski definition) is 5. The Kier molecular flexibility index (Phi) is 3.79. The smallest absolute Gasteiger partial charge is 0.112 e. The molecule has 98 valence electrons. The average molecular weight is 265 g/mol. The fourth-order valence-electron chi connectivity index (χ4n) is 1.72. The number of rotatable bonds is 5. The molecule has 2 aromatic heterocycles. The number of hydrogen-bond donors (Lipinski definition) is 2. The second-order valence-electron chi connectivity index (χ2n) is 4.90. The van der Waals surface area contributed by atoms with Crippen molar-refractivity contribution in [3.63, 3.8) is 0 Å². The van der Waals surface area contributed by atoms with Gasteiger partial charge in [-0.05, 0) is 13.8 Å². The SMILES string of the molecule is Cn1cc(C(N)CNC(C)(C)c2nccs2)cn1. The molecule has 0 aliphatic heterocycles. The van der Waals surface area contributed by atoms with Crippen LogP contribution in [0.25, 0.3) is 0 Å². The van der Waals surface area contributed by atoms with E-state index in [-0.39, 0.29) is 11.6 Å². The van der Waals surface area contributed by atoms with E-state index in [1.165, 1.54) is 0 Å². The molecule has 1 atom stereocenters. The summed E-state index contributed by atoms with van der Waals surface area (Å²) in [6.07, 6.45) is 5.58. The van der Waals surface area contributed by atoms with E-state index in [1.807, 2.05) is 31.0 Å². The maximum absolute atomic E-state index is 6.14. The van der Waals surface area contributed by atoms with Crippen LogP contribution in [0.5, 0.6) is 0 Å². The van der Waals surface area contributed by atoms with E-state index in [2.05, 4.69) is 29.2 Å². The molecule has 18 heavy (non-hydrogen) atoms. The number of nitrogens with zero attached hydrogens (tertiary/aromatic N) is 3. The van der Waals surface area contributed by atoms with Crippen LogP contribution < -0.4 is 11.1 Å². The number of nitrogens with two attached hydrogens (primary N) is 1. The summed E-state index contributed by atoms with van der Waals surface area (Å²) >= 11 is 1.65. The number of thiazole rings is 1. The van der Waals surface area contributed by atoms with Gasteiger partial charge in [-0.15, -0.1) is 11.3 Å². The maximum atomic E-state index is 6.14. The van der Waals surface area contributed by atoms with Crippen LogP contribution in [0.15, 0.2) is 24.0 Å². The molecule has 0 aromatic carbocycles. The van der Waals surface area contributed by atoms with Crippen LogP contribution >= 0.6 is 11.3 Å². The monoisotopic (exact) mass is 265 g/mol. The topological polar surface area (TPSA) is 68.8 Å². The molecule has 2 heterocycles. The Morgan fingerprint density at radius 3 is 2.89 bits per heavy atom. The molecular formula is C12H19N5S. The zero-order chi connectivity index (χ0) is 13.2. The van der Waals surface area contributed by atoms with Crippen molar-refractivity contribution < 1.29 is 0 Å². The van der Waals surface area contributed by atoms with Crippen molar-refractivity contribution in [3.8, 4) is 0 Å². The first-order valence-corrected chi connectivity index (χ1v) is 6.76. The van der Waals surface area contributed by atoms with Gasteiger partial charge in [-0.3, -0.25) is 4.68 Å². The minimum Gasteiger partial charge on any atom is -0.323 e. The molecule has 0 saturated heterocycles. The summed E-state index contributed by atoms with van der Waals surface area (Å²) in [4.78, 5) is 4.34. The van der Waals surface area contributed by atoms with Crippen LogP contribution in [0.1, 0.15) is 30.5 Å². The maximum Gasteiger partial charge on any atom is 0.112 e. The first-order chi connectivity index (χ1) is 8.49. The molecule has 0 amide bonds. The zero-order valence-electron chi connectivity index (χ0n) is 10.9. The summed E-state index contributed by atoms with van der Waals surface area (Å²) in [7, 11) is 1.89. The Balaban J connectivity index is 1.95. The van der Waals surface area contributed by atoms with Crippen LogP contribution in [-0.2, 0) is 12.6 Å². The Labute approximate surface area is 111 Å². The van der Waals surface area contributed by atoms with E-state index in [1.54, 1.807) is 16.0 Å². The third-order valence-corrected chi connectivity index (χ3v) is 3.98. The van der Waals surface area contributed by atoms with Gasteiger partial charge in [0.15, 0.2) is 0 Å². The minimum absolute atomic E-state index is 0.0575.